The van der Waals surface area contributed by atoms with Crippen LogP contribution in [0.3, 0.4) is 0 Å². The summed E-state index contributed by atoms with van der Waals surface area (Å²) < 4.78 is 0.876. The molecule has 0 saturated heterocycles. The first-order valence-electron chi connectivity index (χ1n) is 3.78. The van der Waals surface area contributed by atoms with Gasteiger partial charge in [0.2, 0.25) is 5.91 Å². The topological polar surface area (TPSA) is 68.9 Å². The molecule has 0 bridgehead atoms. The van der Waals surface area contributed by atoms with Crippen LogP contribution in [0.2, 0.25) is 0 Å². The van der Waals surface area contributed by atoms with Gasteiger partial charge < -0.3 is 5.73 Å². The Balaban J connectivity index is 3.06. The number of primary amides is 1. The first-order chi connectivity index (χ1) is 6.00. The van der Waals surface area contributed by atoms with E-state index in [1.54, 1.807) is 0 Å². The first kappa shape index (κ1) is 10.1. The number of aromatic nitrogens is 2. The molecule has 1 heterocycles. The van der Waals surface area contributed by atoms with Gasteiger partial charge in [-0.25, -0.2) is 9.97 Å². The quantitative estimate of drug-likeness (QED) is 0.839. The van der Waals surface area contributed by atoms with Crippen LogP contribution in [0.25, 0.3) is 0 Å². The number of hydrogen-bond donors (Lipinski definition) is 1. The van der Waals surface area contributed by atoms with Gasteiger partial charge >= 0.3 is 0 Å². The summed E-state index contributed by atoms with van der Waals surface area (Å²) in [4.78, 5) is 18.8. The number of nitrogens with zero attached hydrogens (tertiary/aromatic N) is 2. The number of aryl methyl sites for hydroxylation is 2. The fourth-order valence-corrected chi connectivity index (χ4v) is 1.18. The molecule has 2 N–H and O–H groups in total. The molecule has 0 spiro atoms. The molecule has 0 saturated carbocycles. The van der Waals surface area contributed by atoms with E-state index in [0.717, 1.165) is 15.9 Å². The first-order valence-corrected chi connectivity index (χ1v) is 4.58. The van der Waals surface area contributed by atoms with Crippen LogP contribution in [-0.4, -0.2) is 15.9 Å². The third-order valence-corrected chi connectivity index (χ3v) is 2.71. The van der Waals surface area contributed by atoms with Crippen molar-refractivity contribution in [3.8, 4) is 0 Å². The lowest BCUT2D eigenvalue weighted by Crippen LogP contribution is -2.16. The number of hydrogen-bond acceptors (Lipinski definition) is 3. The highest BCUT2D eigenvalue weighted by Crippen LogP contribution is 2.17. The maximum Gasteiger partial charge on any atom is 0.225 e. The van der Waals surface area contributed by atoms with Crippen molar-refractivity contribution in [1.82, 2.24) is 9.97 Å². The van der Waals surface area contributed by atoms with Crippen molar-refractivity contribution >= 4 is 21.8 Å². The Bertz CT molecular complexity index is 328. The molecule has 13 heavy (non-hydrogen) atoms. The van der Waals surface area contributed by atoms with Gasteiger partial charge in [0.1, 0.15) is 5.82 Å². The van der Waals surface area contributed by atoms with E-state index in [0.29, 0.717) is 5.82 Å². The Hall–Kier alpha value is -0.970. The van der Waals surface area contributed by atoms with Crippen molar-refractivity contribution < 1.29 is 4.79 Å². The van der Waals surface area contributed by atoms with E-state index in [2.05, 4.69) is 25.9 Å². The second-order valence-corrected chi connectivity index (χ2v) is 3.56. The van der Waals surface area contributed by atoms with Crippen LogP contribution < -0.4 is 5.73 Å². The summed E-state index contributed by atoms with van der Waals surface area (Å²) in [6, 6.07) is 0. The minimum atomic E-state index is -0.416. The van der Waals surface area contributed by atoms with Gasteiger partial charge in [-0.3, -0.25) is 4.79 Å². The van der Waals surface area contributed by atoms with Gasteiger partial charge in [0.05, 0.1) is 22.3 Å². The van der Waals surface area contributed by atoms with Gasteiger partial charge in [-0.15, -0.1) is 0 Å². The van der Waals surface area contributed by atoms with Gasteiger partial charge in [-0.2, -0.15) is 0 Å². The number of halogens is 1. The van der Waals surface area contributed by atoms with E-state index in [1.807, 2.05) is 13.8 Å². The monoisotopic (exact) mass is 243 g/mol. The van der Waals surface area contributed by atoms with E-state index in [9.17, 15) is 4.79 Å². The third-order valence-electron chi connectivity index (χ3n) is 1.56. The SMILES string of the molecule is Cc1nc(CC(N)=O)nc(C)c1Br. The maximum absolute atomic E-state index is 10.6. The molecule has 1 amide bonds. The summed E-state index contributed by atoms with van der Waals surface area (Å²) in [5, 5.41) is 0. The lowest BCUT2D eigenvalue weighted by atomic mass is 10.3. The highest BCUT2D eigenvalue weighted by atomic mass is 79.9. The maximum atomic E-state index is 10.6. The molecule has 0 aliphatic rings. The molecule has 0 atom stereocenters. The van der Waals surface area contributed by atoms with E-state index in [-0.39, 0.29) is 6.42 Å². The van der Waals surface area contributed by atoms with Gasteiger partial charge in [-0.05, 0) is 29.8 Å². The highest BCUT2D eigenvalue weighted by Gasteiger charge is 2.07. The zero-order chi connectivity index (χ0) is 10.0. The van der Waals surface area contributed by atoms with Gasteiger partial charge in [-0.1, -0.05) is 0 Å². The van der Waals surface area contributed by atoms with Gasteiger partial charge in [0, 0.05) is 0 Å². The molecule has 1 rings (SSSR count). The fourth-order valence-electron chi connectivity index (χ4n) is 1.01. The second-order valence-electron chi connectivity index (χ2n) is 2.77. The molecule has 0 aliphatic carbocycles. The molecule has 0 radical (unpaired) electrons. The largest absolute Gasteiger partial charge is 0.369 e. The van der Waals surface area contributed by atoms with Crippen LogP contribution in [0.15, 0.2) is 4.47 Å². The molecule has 1 aromatic rings. The number of carbonyl (C=O) groups is 1. The molecule has 1 aromatic heterocycles. The van der Waals surface area contributed by atoms with Crippen LogP contribution in [0.5, 0.6) is 0 Å². The van der Waals surface area contributed by atoms with Crippen molar-refractivity contribution in [2.45, 2.75) is 20.3 Å². The molecule has 70 valence electrons. The van der Waals surface area contributed by atoms with Crippen molar-refractivity contribution in [3.05, 3.63) is 21.7 Å². The summed E-state index contributed by atoms with van der Waals surface area (Å²) in [5.74, 6) is 0.0619. The predicted molar refractivity (Wildman–Crippen MR) is 52.1 cm³/mol. The zero-order valence-corrected chi connectivity index (χ0v) is 9.05. The summed E-state index contributed by atoms with van der Waals surface area (Å²) in [7, 11) is 0. The molecule has 0 aromatic carbocycles. The molecular formula is C8H10BrN3O. The average Bonchev–Trinajstić information content (AvgIpc) is 1.98. The standard InChI is InChI=1S/C8H10BrN3O/c1-4-8(9)5(2)12-7(11-4)3-6(10)13/h3H2,1-2H3,(H2,10,13). The van der Waals surface area contributed by atoms with Crippen molar-refractivity contribution in [2.24, 2.45) is 5.73 Å². The van der Waals surface area contributed by atoms with Crippen molar-refractivity contribution in [2.75, 3.05) is 0 Å². The fraction of sp³-hybridized carbons (Fsp3) is 0.375. The molecule has 4 nitrogen and oxygen atoms in total. The number of nitrogens with two attached hydrogens (primary N) is 1. The lowest BCUT2D eigenvalue weighted by molar-refractivity contribution is -0.117. The molecule has 0 fully saturated rings. The minimum Gasteiger partial charge on any atom is -0.369 e. The Morgan fingerprint density at radius 1 is 1.38 bits per heavy atom. The Labute approximate surface area is 84.7 Å². The Kier molecular flexibility index (Phi) is 2.98. The van der Waals surface area contributed by atoms with Crippen LogP contribution in [0, 0.1) is 13.8 Å². The van der Waals surface area contributed by atoms with Gasteiger partial charge in [0.25, 0.3) is 0 Å². The molecule has 5 heteroatoms. The molecule has 0 aliphatic heterocycles. The number of carbonyl (C=O) groups excluding carboxylic acids is 1. The highest BCUT2D eigenvalue weighted by molar-refractivity contribution is 9.10. The third kappa shape index (κ3) is 2.48. The molecule has 0 unspecified atom stereocenters. The summed E-state index contributed by atoms with van der Waals surface area (Å²) >= 11 is 3.34. The van der Waals surface area contributed by atoms with Gasteiger partial charge in [0.15, 0.2) is 0 Å². The minimum absolute atomic E-state index is 0.0922. The Morgan fingerprint density at radius 2 is 1.85 bits per heavy atom. The predicted octanol–water partition coefficient (Wildman–Crippen LogP) is 0.884. The van der Waals surface area contributed by atoms with Crippen LogP contribution in [0.1, 0.15) is 17.2 Å². The van der Waals surface area contributed by atoms with E-state index >= 15 is 0 Å². The number of rotatable bonds is 2. The smallest absolute Gasteiger partial charge is 0.225 e. The number of amides is 1. The average molecular weight is 244 g/mol. The zero-order valence-electron chi connectivity index (χ0n) is 7.47. The molecular weight excluding hydrogens is 234 g/mol. The normalized spacial score (nSPS) is 10.1. The van der Waals surface area contributed by atoms with E-state index < -0.39 is 5.91 Å². The van der Waals surface area contributed by atoms with Crippen molar-refractivity contribution in [3.63, 3.8) is 0 Å². The van der Waals surface area contributed by atoms with Crippen LogP contribution in [-0.2, 0) is 11.2 Å². The second kappa shape index (κ2) is 3.83. The van der Waals surface area contributed by atoms with Crippen molar-refractivity contribution in [1.29, 1.82) is 0 Å². The summed E-state index contributed by atoms with van der Waals surface area (Å²) in [6.07, 6.45) is 0.0922. The van der Waals surface area contributed by atoms with Crippen LogP contribution in [0.4, 0.5) is 0 Å². The van der Waals surface area contributed by atoms with Crippen LogP contribution >= 0.6 is 15.9 Å². The Morgan fingerprint density at radius 3 is 2.23 bits per heavy atom. The summed E-state index contributed by atoms with van der Waals surface area (Å²) in [5.41, 5.74) is 6.68. The van der Waals surface area contributed by atoms with E-state index in [1.165, 1.54) is 0 Å². The summed E-state index contributed by atoms with van der Waals surface area (Å²) in [6.45, 7) is 3.70. The van der Waals surface area contributed by atoms with E-state index in [4.69, 9.17) is 5.73 Å². The lowest BCUT2D eigenvalue weighted by Gasteiger charge is -2.03.